The van der Waals surface area contributed by atoms with Gasteiger partial charge >= 0.3 is 39.3 Å². The van der Waals surface area contributed by atoms with Crippen LogP contribution in [-0.2, 0) is 20.5 Å². The van der Waals surface area contributed by atoms with E-state index in [4.69, 9.17) is 0 Å². The summed E-state index contributed by atoms with van der Waals surface area (Å²) in [4.78, 5) is 22.9. The van der Waals surface area contributed by atoms with Gasteiger partial charge in [-0.05, 0) is 16.3 Å². The van der Waals surface area contributed by atoms with E-state index >= 15 is 0 Å². The fraction of sp³-hybridized carbons (Fsp3) is 0.143. The number of rotatable bonds is 1. The quantitative estimate of drug-likeness (QED) is 0.540. The van der Waals surface area contributed by atoms with Crippen molar-refractivity contribution in [1.29, 1.82) is 0 Å². The van der Waals surface area contributed by atoms with Crippen molar-refractivity contribution in [3.63, 3.8) is 0 Å². The molecule has 3 nitrogen and oxygen atoms in total. The molecule has 2 aromatic carbocycles. The van der Waals surface area contributed by atoms with Crippen LogP contribution in [0.25, 0.3) is 10.8 Å². The summed E-state index contributed by atoms with van der Waals surface area (Å²) in [5.41, 5.74) is 0.937. The van der Waals surface area contributed by atoms with Crippen LogP contribution < -0.4 is 5.32 Å². The van der Waals surface area contributed by atoms with Crippen LogP contribution in [0.1, 0.15) is 17.9 Å². The van der Waals surface area contributed by atoms with E-state index in [2.05, 4.69) is 33.8 Å². The van der Waals surface area contributed by atoms with E-state index in [1.807, 2.05) is 42.5 Å². The molecule has 1 unspecified atom stereocenters. The van der Waals surface area contributed by atoms with Crippen LogP contribution in [-0.4, -0.2) is 11.8 Å². The number of fused-ring (bicyclic) bond motifs is 1. The van der Waals surface area contributed by atoms with E-state index in [1.165, 1.54) is 10.9 Å². The molecule has 108 valence electrons. The Morgan fingerprint density at radius 1 is 1.05 bits per heavy atom. The minimum absolute atomic E-state index is 0.187. The Hall–Kier alpha value is -0.706. The molecule has 0 spiro atoms. The number of carbonyl (C=O) groups excluding carboxylic acids is 2. The second kappa shape index (κ2) is 7.34. The molecule has 0 aromatic heterocycles. The molecule has 0 aliphatic carbocycles. The number of halogens is 2. The van der Waals surface area contributed by atoms with Crippen molar-refractivity contribution < 1.29 is 20.5 Å². The zero-order valence-corrected chi connectivity index (χ0v) is 14.4. The maximum absolute atomic E-state index is 11.7. The van der Waals surface area contributed by atoms with E-state index in [0.29, 0.717) is 0 Å². The van der Waals surface area contributed by atoms with Crippen molar-refractivity contribution in [2.24, 2.45) is 0 Å². The number of carbonyl (C=O) groups is 2. The van der Waals surface area contributed by atoms with Crippen molar-refractivity contribution >= 4 is 51.0 Å². The van der Waals surface area contributed by atoms with E-state index in [1.54, 1.807) is 0 Å². The third-order valence-corrected chi connectivity index (χ3v) is 3.17. The van der Waals surface area contributed by atoms with E-state index in [9.17, 15) is 9.59 Å². The van der Waals surface area contributed by atoms with Gasteiger partial charge in [-0.25, -0.2) is 0 Å². The molecule has 2 amide bonds. The SMILES string of the molecule is O=C1CC(c2cccc3ccccc23)C(=O)N1.[Br][Ni][Br]. The normalized spacial score (nSPS) is 17.8. The molecular weight excluding hydrogens is 433 g/mol. The molecule has 1 fully saturated rings. The van der Waals surface area contributed by atoms with Gasteiger partial charge in [0, 0.05) is 6.42 Å². The molecule has 2 aromatic rings. The molecule has 0 saturated carbocycles. The van der Waals surface area contributed by atoms with Gasteiger partial charge in [0.1, 0.15) is 0 Å². The summed E-state index contributed by atoms with van der Waals surface area (Å²) < 4.78 is 0. The van der Waals surface area contributed by atoms with Gasteiger partial charge in [-0.2, -0.15) is 0 Å². The molecule has 6 heteroatoms. The Labute approximate surface area is 136 Å². The van der Waals surface area contributed by atoms with Crippen LogP contribution >= 0.6 is 28.5 Å². The predicted octanol–water partition coefficient (Wildman–Crippen LogP) is 3.66. The zero-order valence-electron chi connectivity index (χ0n) is 10.2. The van der Waals surface area contributed by atoms with E-state index < -0.39 is 0 Å². The monoisotopic (exact) mass is 441 g/mol. The number of imide groups is 1. The fourth-order valence-electron chi connectivity index (χ4n) is 2.36. The van der Waals surface area contributed by atoms with Crippen molar-refractivity contribution in [1.82, 2.24) is 5.32 Å². The summed E-state index contributed by atoms with van der Waals surface area (Å²) in [7, 11) is 1.25. The summed E-state index contributed by atoms with van der Waals surface area (Å²) >= 11 is 6.00. The maximum atomic E-state index is 11.7. The standard InChI is InChI=1S/C14H11NO2.2BrH.Ni/c16-13-8-12(14(17)15-13)11-7-3-5-9-4-1-2-6-10(9)11;;;/h1-7,12H,8H2,(H,15,16,17);2*1H;/q;;;+2/p-2. The van der Waals surface area contributed by atoms with Gasteiger partial charge in [-0.1, -0.05) is 42.5 Å². The average Bonchev–Trinajstić information content (AvgIpc) is 2.78. The zero-order chi connectivity index (χ0) is 14.5. The first kappa shape index (κ1) is 15.7. The topological polar surface area (TPSA) is 46.2 Å². The first-order valence-electron chi connectivity index (χ1n) is 5.81. The Kier molecular flexibility index (Phi) is 5.76. The number of amides is 2. The first-order chi connectivity index (χ1) is 9.67. The summed E-state index contributed by atoms with van der Waals surface area (Å²) in [5.74, 6) is -0.715. The van der Waals surface area contributed by atoms with Crippen LogP contribution in [0.5, 0.6) is 0 Å². The van der Waals surface area contributed by atoms with Gasteiger partial charge in [0.05, 0.1) is 5.92 Å². The number of benzene rings is 2. The molecule has 1 N–H and O–H groups in total. The first-order valence-corrected chi connectivity index (χ1v) is 10.7. The second-order valence-corrected chi connectivity index (χ2v) is 9.27. The van der Waals surface area contributed by atoms with Gasteiger partial charge in [0.2, 0.25) is 11.8 Å². The van der Waals surface area contributed by atoms with Gasteiger partial charge in [0.15, 0.2) is 0 Å². The summed E-state index contributed by atoms with van der Waals surface area (Å²) in [6.45, 7) is 0. The molecule has 3 rings (SSSR count). The molecule has 1 aliphatic heterocycles. The fourth-order valence-corrected chi connectivity index (χ4v) is 2.36. The van der Waals surface area contributed by atoms with Crippen molar-refractivity contribution in [2.75, 3.05) is 0 Å². The van der Waals surface area contributed by atoms with E-state index in [0.717, 1.165) is 16.3 Å². The predicted molar refractivity (Wildman–Crippen MR) is 82.3 cm³/mol. The second-order valence-electron chi connectivity index (χ2n) is 4.28. The molecule has 1 saturated heterocycles. The number of nitrogens with one attached hydrogen (secondary N) is 1. The Morgan fingerprint density at radius 3 is 2.35 bits per heavy atom. The van der Waals surface area contributed by atoms with Gasteiger partial charge in [0.25, 0.3) is 0 Å². The Bertz CT molecular complexity index is 643. The van der Waals surface area contributed by atoms with Gasteiger partial charge < -0.3 is 0 Å². The molecule has 20 heavy (non-hydrogen) atoms. The van der Waals surface area contributed by atoms with Crippen LogP contribution in [0, 0.1) is 0 Å². The molecule has 1 heterocycles. The van der Waals surface area contributed by atoms with Crippen molar-refractivity contribution in [3.05, 3.63) is 48.0 Å². The van der Waals surface area contributed by atoms with Crippen LogP contribution in [0.3, 0.4) is 0 Å². The molecule has 1 atom stereocenters. The van der Waals surface area contributed by atoms with Crippen LogP contribution in [0.15, 0.2) is 42.5 Å². The third-order valence-electron chi connectivity index (χ3n) is 3.17. The Balaban J connectivity index is 0.000000452. The summed E-state index contributed by atoms with van der Waals surface area (Å²) in [6, 6.07) is 13.8. The van der Waals surface area contributed by atoms with Crippen molar-refractivity contribution in [3.8, 4) is 0 Å². The average molecular weight is 444 g/mol. The van der Waals surface area contributed by atoms with Gasteiger partial charge in [-0.15, -0.1) is 0 Å². The van der Waals surface area contributed by atoms with Crippen LogP contribution in [0.4, 0.5) is 0 Å². The van der Waals surface area contributed by atoms with Crippen LogP contribution in [0.2, 0.25) is 0 Å². The van der Waals surface area contributed by atoms with E-state index in [-0.39, 0.29) is 24.2 Å². The third kappa shape index (κ3) is 3.49. The summed E-state index contributed by atoms with van der Waals surface area (Å²) in [5, 5.41) is 4.49. The summed E-state index contributed by atoms with van der Waals surface area (Å²) in [6.07, 6.45) is 0.257. The molecular formula is C14H11Br2NNiO2. The van der Waals surface area contributed by atoms with Gasteiger partial charge in [-0.3, -0.25) is 14.9 Å². The Morgan fingerprint density at radius 2 is 1.70 bits per heavy atom. The molecule has 0 radical (unpaired) electrons. The number of hydrogen-bond acceptors (Lipinski definition) is 2. The minimum atomic E-state index is -0.339. The number of hydrogen-bond donors (Lipinski definition) is 1. The molecule has 1 aliphatic rings. The molecule has 0 bridgehead atoms. The van der Waals surface area contributed by atoms with Crippen molar-refractivity contribution in [2.45, 2.75) is 12.3 Å².